The highest BCUT2D eigenvalue weighted by Gasteiger charge is 2.54. The van der Waals surface area contributed by atoms with Gasteiger partial charge in [-0.15, -0.1) is 0 Å². The molecule has 9 heteroatoms. The van der Waals surface area contributed by atoms with Gasteiger partial charge in [-0.05, 0) is 71.6 Å². The van der Waals surface area contributed by atoms with Crippen molar-refractivity contribution in [1.29, 1.82) is 0 Å². The molecule has 2 aromatic rings. The number of hydrogen-bond donors (Lipinski definition) is 2. The van der Waals surface area contributed by atoms with E-state index in [4.69, 9.17) is 14.0 Å². The smallest absolute Gasteiger partial charge is 0.402 e. The third-order valence-corrected chi connectivity index (χ3v) is 6.83. The molecule has 8 nitrogen and oxygen atoms in total. The molecule has 36 heavy (non-hydrogen) atoms. The summed E-state index contributed by atoms with van der Waals surface area (Å²) in [7, 11) is 0.871. The Labute approximate surface area is 214 Å². The minimum absolute atomic E-state index is 0.0174. The molecule has 1 aliphatic rings. The second-order valence-corrected chi connectivity index (χ2v) is 10.3. The van der Waals surface area contributed by atoms with Crippen molar-refractivity contribution >= 4 is 18.9 Å². The van der Waals surface area contributed by atoms with Crippen LogP contribution in [0.15, 0.2) is 48.5 Å². The maximum atomic E-state index is 13.4. The van der Waals surface area contributed by atoms with Gasteiger partial charge in [0.25, 0.3) is 5.91 Å². The summed E-state index contributed by atoms with van der Waals surface area (Å²) in [5.74, 6) is -1.21. The molecule has 0 saturated carbocycles. The number of ether oxygens (including phenoxy) is 1. The topological polar surface area (TPSA) is 98.8 Å². The van der Waals surface area contributed by atoms with Crippen molar-refractivity contribution in [2.24, 2.45) is 0 Å². The van der Waals surface area contributed by atoms with Gasteiger partial charge >= 0.3 is 7.12 Å². The minimum atomic E-state index is -0.899. The average Bonchev–Trinajstić information content (AvgIpc) is 3.05. The molecule has 2 amide bonds. The summed E-state index contributed by atoms with van der Waals surface area (Å²) in [6.45, 7) is 9.76. The largest absolute Gasteiger partial charge is 0.481 e. The number of rotatable bonds is 11. The van der Waals surface area contributed by atoms with Gasteiger partial charge < -0.3 is 24.7 Å². The Bertz CT molecular complexity index is 1020. The van der Waals surface area contributed by atoms with Crippen LogP contribution in [-0.2, 0) is 25.3 Å². The summed E-state index contributed by atoms with van der Waals surface area (Å²) >= 11 is 0. The quantitative estimate of drug-likeness (QED) is 0.465. The Balaban J connectivity index is 1.72. The van der Waals surface area contributed by atoms with Crippen LogP contribution in [0.5, 0.6) is 0 Å². The first kappa shape index (κ1) is 27.8. The fourth-order valence-corrected chi connectivity index (χ4v) is 4.03. The van der Waals surface area contributed by atoms with Gasteiger partial charge in [0.2, 0.25) is 5.91 Å². The van der Waals surface area contributed by atoms with E-state index >= 15 is 0 Å². The number of hydrogen-bond acceptors (Lipinski definition) is 6. The predicted octanol–water partition coefficient (Wildman–Crippen LogP) is 3.27. The number of benzene rings is 1. The number of methoxy groups -OCH3 is 1. The van der Waals surface area contributed by atoms with Crippen molar-refractivity contribution in [3.8, 4) is 0 Å². The van der Waals surface area contributed by atoms with E-state index in [1.165, 1.54) is 12.7 Å². The summed E-state index contributed by atoms with van der Waals surface area (Å²) in [6.07, 6.45) is 2.34. The number of nitrogens with zero attached hydrogens (tertiary/aromatic N) is 1. The van der Waals surface area contributed by atoms with E-state index < -0.39 is 36.2 Å². The molecule has 0 radical (unpaired) electrons. The Morgan fingerprint density at radius 2 is 1.67 bits per heavy atom. The first-order valence-corrected chi connectivity index (χ1v) is 12.5. The predicted molar refractivity (Wildman–Crippen MR) is 139 cm³/mol. The molecule has 1 aromatic carbocycles. The lowest BCUT2D eigenvalue weighted by Gasteiger charge is -2.32. The summed E-state index contributed by atoms with van der Waals surface area (Å²) in [5.41, 5.74) is 1.13. The highest BCUT2D eigenvalue weighted by Crippen LogP contribution is 2.38. The summed E-state index contributed by atoms with van der Waals surface area (Å²) in [4.78, 5) is 30.4. The Morgan fingerprint density at radius 3 is 2.28 bits per heavy atom. The maximum absolute atomic E-state index is 13.4. The van der Waals surface area contributed by atoms with Crippen LogP contribution >= 0.6 is 0 Å². The lowest BCUT2D eigenvalue weighted by Crippen LogP contribution is -2.56. The number of carbonyl (C=O) groups is 2. The zero-order chi connectivity index (χ0) is 26.3. The molecule has 3 rings (SSSR count). The molecule has 1 aromatic heterocycles. The van der Waals surface area contributed by atoms with Crippen molar-refractivity contribution in [1.82, 2.24) is 15.6 Å². The number of aromatic nitrogens is 1. The van der Waals surface area contributed by atoms with Gasteiger partial charge in [0.1, 0.15) is 11.7 Å². The number of amides is 2. The molecule has 0 aliphatic carbocycles. The molecule has 0 spiro atoms. The van der Waals surface area contributed by atoms with Crippen LogP contribution < -0.4 is 10.6 Å². The molecule has 0 bridgehead atoms. The molecule has 194 valence electrons. The molecule has 2 atom stereocenters. The Kier molecular flexibility index (Phi) is 9.27. The summed E-state index contributed by atoms with van der Waals surface area (Å²) in [6, 6.07) is 14.5. The third-order valence-electron chi connectivity index (χ3n) is 6.83. The van der Waals surface area contributed by atoms with Gasteiger partial charge in [-0.25, -0.2) is 4.98 Å². The van der Waals surface area contributed by atoms with Gasteiger partial charge in [0.05, 0.1) is 23.8 Å². The first-order chi connectivity index (χ1) is 17.0. The monoisotopic (exact) mass is 495 g/mol. The first-order valence-electron chi connectivity index (χ1n) is 12.5. The average molecular weight is 495 g/mol. The highest BCUT2D eigenvalue weighted by atomic mass is 16.7. The van der Waals surface area contributed by atoms with E-state index in [-0.39, 0.29) is 18.2 Å². The molecule has 0 unspecified atom stereocenters. The van der Waals surface area contributed by atoms with E-state index in [2.05, 4.69) is 27.8 Å². The van der Waals surface area contributed by atoms with Crippen LogP contribution in [0, 0.1) is 6.92 Å². The zero-order valence-electron chi connectivity index (χ0n) is 22.2. The van der Waals surface area contributed by atoms with Crippen LogP contribution in [0.3, 0.4) is 0 Å². The summed E-state index contributed by atoms with van der Waals surface area (Å²) < 4.78 is 17.8. The maximum Gasteiger partial charge on any atom is 0.481 e. The van der Waals surface area contributed by atoms with E-state index in [1.807, 2.05) is 45.9 Å². The molecule has 1 saturated heterocycles. The zero-order valence-corrected chi connectivity index (χ0v) is 22.2. The van der Waals surface area contributed by atoms with E-state index in [1.54, 1.807) is 25.1 Å². The van der Waals surface area contributed by atoms with Crippen molar-refractivity contribution in [3.63, 3.8) is 0 Å². The van der Waals surface area contributed by atoms with Crippen LogP contribution in [0.25, 0.3) is 0 Å². The van der Waals surface area contributed by atoms with Crippen LogP contribution in [0.1, 0.15) is 62.3 Å². The van der Waals surface area contributed by atoms with Crippen LogP contribution in [-0.4, -0.2) is 60.8 Å². The molecule has 2 heterocycles. The molecule has 2 N–H and O–H groups in total. The third kappa shape index (κ3) is 7.15. The van der Waals surface area contributed by atoms with Crippen molar-refractivity contribution < 1.29 is 23.6 Å². The second-order valence-electron chi connectivity index (χ2n) is 10.3. The number of nitrogens with one attached hydrogen (secondary N) is 2. The molecule has 1 aliphatic heterocycles. The summed E-state index contributed by atoms with van der Waals surface area (Å²) in [5, 5.41) is 5.82. The number of carbonyl (C=O) groups excluding carboxylic acids is 2. The van der Waals surface area contributed by atoms with E-state index in [0.29, 0.717) is 6.42 Å². The van der Waals surface area contributed by atoms with Crippen LogP contribution in [0.4, 0.5) is 0 Å². The minimum Gasteiger partial charge on any atom is -0.402 e. The van der Waals surface area contributed by atoms with Crippen molar-refractivity contribution in [2.75, 3.05) is 13.7 Å². The van der Waals surface area contributed by atoms with Crippen molar-refractivity contribution in [3.05, 3.63) is 65.5 Å². The molecular formula is C27H38BN3O5. The lowest BCUT2D eigenvalue weighted by atomic mass is 9.75. The standard InChI is InChI=1S/C27H38BN3O5/c1-19-12-10-16-21(29-19)24(32)30-22(18-34-6)25(33)31-23(17-11-15-20-13-8-7-9-14-20)28-35-26(2,3)27(4,5)36-28/h7-10,12-14,16,22-23H,11,15,17-18H2,1-6H3,(H,30,32)(H,31,33)/t22-,23+/m1/s1. The Morgan fingerprint density at radius 1 is 1.00 bits per heavy atom. The number of pyridine rings is 1. The van der Waals surface area contributed by atoms with E-state index in [0.717, 1.165) is 18.5 Å². The molecule has 1 fully saturated rings. The fourth-order valence-electron chi connectivity index (χ4n) is 4.03. The molecular weight excluding hydrogens is 457 g/mol. The normalized spacial score (nSPS) is 17.9. The van der Waals surface area contributed by atoms with E-state index in [9.17, 15) is 9.59 Å². The SMILES string of the molecule is COC[C@@H](NC(=O)c1cccc(C)n1)C(=O)N[C@@H](CCCc1ccccc1)B1OC(C)(C)C(C)(C)O1. The fraction of sp³-hybridized carbons (Fsp3) is 0.519. The van der Waals surface area contributed by atoms with Gasteiger partial charge in [0, 0.05) is 12.8 Å². The van der Waals surface area contributed by atoms with Crippen molar-refractivity contribution in [2.45, 2.75) is 77.1 Å². The Hall–Kier alpha value is -2.75. The lowest BCUT2D eigenvalue weighted by molar-refractivity contribution is -0.124. The second kappa shape index (κ2) is 12.0. The van der Waals surface area contributed by atoms with Gasteiger partial charge in [-0.1, -0.05) is 36.4 Å². The van der Waals surface area contributed by atoms with Gasteiger partial charge in [-0.3, -0.25) is 9.59 Å². The van der Waals surface area contributed by atoms with Crippen LogP contribution in [0.2, 0.25) is 0 Å². The number of aryl methyl sites for hydroxylation is 2. The highest BCUT2D eigenvalue weighted by molar-refractivity contribution is 6.48. The van der Waals surface area contributed by atoms with Gasteiger partial charge in [-0.2, -0.15) is 0 Å². The van der Waals surface area contributed by atoms with Gasteiger partial charge in [0.15, 0.2) is 0 Å².